The molecule has 1 aliphatic heterocycles. The summed E-state index contributed by atoms with van der Waals surface area (Å²) >= 11 is 6.51. The molecule has 0 aromatic rings. The molecule has 1 heterocycles. The van der Waals surface area contributed by atoms with Gasteiger partial charge in [-0.3, -0.25) is 0 Å². The van der Waals surface area contributed by atoms with Crippen LogP contribution in [0.25, 0.3) is 0 Å². The lowest BCUT2D eigenvalue weighted by Gasteiger charge is -2.19. The van der Waals surface area contributed by atoms with E-state index in [-0.39, 0.29) is 0 Å². The van der Waals surface area contributed by atoms with Gasteiger partial charge in [0.1, 0.15) is 0 Å². The van der Waals surface area contributed by atoms with Crippen LogP contribution in [0, 0.1) is 0 Å². The van der Waals surface area contributed by atoms with Gasteiger partial charge in [0.15, 0.2) is 0 Å². The predicted molar refractivity (Wildman–Crippen MR) is 48.0 cm³/mol. The molecule has 0 aliphatic carbocycles. The minimum absolute atomic E-state index is 0.621. The molecule has 10 heavy (non-hydrogen) atoms. The smallest absolute Gasteiger partial charge is 0.0706 e. The predicted octanol–water partition coefficient (Wildman–Crippen LogP) is 0.977. The minimum atomic E-state index is 0.621. The molecule has 0 aromatic carbocycles. The lowest BCUT2D eigenvalue weighted by molar-refractivity contribution is 0.672. The topological polar surface area (TPSA) is 55.3 Å². The van der Waals surface area contributed by atoms with Crippen molar-refractivity contribution in [1.82, 2.24) is 3.93 Å². The zero-order valence-corrected chi connectivity index (χ0v) is 8.31. The number of halogens is 2. The van der Waals surface area contributed by atoms with Gasteiger partial charge in [0.25, 0.3) is 0 Å². The van der Waals surface area contributed by atoms with Crippen molar-refractivity contribution < 1.29 is 0 Å². The van der Waals surface area contributed by atoms with Crippen molar-refractivity contribution >= 4 is 32.1 Å². The van der Waals surface area contributed by atoms with Crippen LogP contribution in [0.4, 0.5) is 0 Å². The van der Waals surface area contributed by atoms with Gasteiger partial charge in [-0.2, -0.15) is 0 Å². The first-order valence-corrected chi connectivity index (χ1v) is 4.15. The van der Waals surface area contributed by atoms with Crippen LogP contribution >= 0.6 is 32.1 Å². The summed E-state index contributed by atoms with van der Waals surface area (Å²) in [6.07, 6.45) is 1.83. The largest absolute Gasteiger partial charge is 0.399 e. The molecule has 0 amide bonds. The standard InChI is InChI=1S/C5H7Br2N3/c6-3-1-10(7)2-4(8)5(3)9/h1H,2,8-9H2. The molecule has 0 aromatic heterocycles. The molecule has 1 rings (SSSR count). The van der Waals surface area contributed by atoms with E-state index in [1.165, 1.54) is 0 Å². The van der Waals surface area contributed by atoms with Crippen molar-refractivity contribution in [3.63, 3.8) is 0 Å². The van der Waals surface area contributed by atoms with E-state index in [0.29, 0.717) is 17.9 Å². The third-order valence-corrected chi connectivity index (χ3v) is 2.27. The first-order valence-electron chi connectivity index (χ1n) is 2.65. The van der Waals surface area contributed by atoms with Gasteiger partial charge in [-0.15, -0.1) is 0 Å². The van der Waals surface area contributed by atoms with Crippen molar-refractivity contribution in [1.29, 1.82) is 0 Å². The Balaban J connectivity index is 2.90. The molecule has 0 radical (unpaired) electrons. The van der Waals surface area contributed by atoms with Crippen molar-refractivity contribution in [2.24, 2.45) is 11.5 Å². The van der Waals surface area contributed by atoms with E-state index >= 15 is 0 Å². The zero-order chi connectivity index (χ0) is 7.72. The molecule has 0 spiro atoms. The van der Waals surface area contributed by atoms with Gasteiger partial charge in [0.05, 0.1) is 22.4 Å². The normalized spacial score (nSPS) is 19.4. The van der Waals surface area contributed by atoms with Crippen molar-refractivity contribution in [3.05, 3.63) is 22.1 Å². The molecule has 4 N–H and O–H groups in total. The van der Waals surface area contributed by atoms with Gasteiger partial charge in [-0.25, -0.2) is 0 Å². The summed E-state index contributed by atoms with van der Waals surface area (Å²) in [6, 6.07) is 0. The molecule has 3 nitrogen and oxygen atoms in total. The maximum Gasteiger partial charge on any atom is 0.0706 e. The number of nitrogens with two attached hydrogens (primary N) is 2. The van der Waals surface area contributed by atoms with Crippen LogP contribution in [-0.2, 0) is 0 Å². The van der Waals surface area contributed by atoms with Crippen LogP contribution in [0.2, 0.25) is 0 Å². The fourth-order valence-corrected chi connectivity index (χ4v) is 1.89. The SMILES string of the molecule is NC1=C(N)C(Br)=CN(Br)C1. The lowest BCUT2D eigenvalue weighted by Crippen LogP contribution is -2.23. The van der Waals surface area contributed by atoms with Crippen LogP contribution in [0.3, 0.4) is 0 Å². The Morgan fingerprint density at radius 3 is 2.60 bits per heavy atom. The maximum atomic E-state index is 5.58. The molecule has 1 aliphatic rings. The van der Waals surface area contributed by atoms with Crippen LogP contribution < -0.4 is 11.5 Å². The molecule has 0 bridgehead atoms. The summed E-state index contributed by atoms with van der Waals surface area (Å²) in [5, 5.41) is 0. The Bertz CT molecular complexity index is 209. The monoisotopic (exact) mass is 267 g/mol. The van der Waals surface area contributed by atoms with Gasteiger partial charge in [-0.1, -0.05) is 0 Å². The molecule has 0 unspecified atom stereocenters. The summed E-state index contributed by atoms with van der Waals surface area (Å²) in [5.41, 5.74) is 12.4. The van der Waals surface area contributed by atoms with E-state index in [1.54, 1.807) is 3.93 Å². The molecule has 0 fully saturated rings. The van der Waals surface area contributed by atoms with Crippen molar-refractivity contribution in [2.75, 3.05) is 6.54 Å². The Morgan fingerprint density at radius 1 is 1.50 bits per heavy atom. The Kier molecular flexibility index (Phi) is 2.25. The Labute approximate surface area is 76.2 Å². The highest BCUT2D eigenvalue weighted by molar-refractivity contribution is 9.12. The number of rotatable bonds is 0. The van der Waals surface area contributed by atoms with Gasteiger partial charge in [-0.05, 0) is 15.9 Å². The summed E-state index contributed by atoms with van der Waals surface area (Å²) in [4.78, 5) is 0. The molecule has 0 saturated carbocycles. The van der Waals surface area contributed by atoms with Crippen molar-refractivity contribution in [3.8, 4) is 0 Å². The van der Waals surface area contributed by atoms with Crippen LogP contribution in [0.15, 0.2) is 22.1 Å². The van der Waals surface area contributed by atoms with E-state index in [1.807, 2.05) is 6.20 Å². The van der Waals surface area contributed by atoms with E-state index in [4.69, 9.17) is 11.5 Å². The first kappa shape index (κ1) is 7.94. The second-order valence-corrected chi connectivity index (χ2v) is 3.74. The fraction of sp³-hybridized carbons (Fsp3) is 0.200. The van der Waals surface area contributed by atoms with Gasteiger partial charge >= 0.3 is 0 Å². The molecule has 56 valence electrons. The maximum absolute atomic E-state index is 5.58. The third-order valence-electron chi connectivity index (χ3n) is 1.18. The minimum Gasteiger partial charge on any atom is -0.399 e. The number of hydrogen-bond acceptors (Lipinski definition) is 3. The van der Waals surface area contributed by atoms with Crippen molar-refractivity contribution in [2.45, 2.75) is 0 Å². The molecular weight excluding hydrogens is 262 g/mol. The highest BCUT2D eigenvalue weighted by atomic mass is 79.9. The summed E-state index contributed by atoms with van der Waals surface area (Å²) in [7, 11) is 0. The van der Waals surface area contributed by atoms with E-state index in [2.05, 4.69) is 32.1 Å². The Hall–Kier alpha value is -0.160. The van der Waals surface area contributed by atoms with E-state index in [0.717, 1.165) is 4.48 Å². The summed E-state index contributed by atoms with van der Waals surface area (Å²) in [6.45, 7) is 0.626. The summed E-state index contributed by atoms with van der Waals surface area (Å²) in [5.74, 6) is 0. The molecular formula is C5H7Br2N3. The second-order valence-electron chi connectivity index (χ2n) is 1.97. The highest BCUT2D eigenvalue weighted by Gasteiger charge is 2.11. The average molecular weight is 269 g/mol. The van der Waals surface area contributed by atoms with Crippen LogP contribution in [-0.4, -0.2) is 10.5 Å². The molecule has 0 atom stereocenters. The lowest BCUT2D eigenvalue weighted by atomic mass is 10.3. The molecule has 0 saturated heterocycles. The zero-order valence-electron chi connectivity index (χ0n) is 5.14. The second kappa shape index (κ2) is 2.84. The number of allylic oxidation sites excluding steroid dienone is 1. The quantitative estimate of drug-likeness (QED) is 0.644. The number of hydrogen-bond donors (Lipinski definition) is 2. The highest BCUT2D eigenvalue weighted by Crippen LogP contribution is 2.22. The van der Waals surface area contributed by atoms with Gasteiger partial charge in [0.2, 0.25) is 0 Å². The van der Waals surface area contributed by atoms with Crippen LogP contribution in [0.1, 0.15) is 0 Å². The fourth-order valence-electron chi connectivity index (χ4n) is 0.639. The van der Waals surface area contributed by atoms with Gasteiger partial charge in [0, 0.05) is 22.3 Å². The van der Waals surface area contributed by atoms with Gasteiger partial charge < -0.3 is 15.4 Å². The van der Waals surface area contributed by atoms with E-state index in [9.17, 15) is 0 Å². The Morgan fingerprint density at radius 2 is 2.10 bits per heavy atom. The average Bonchev–Trinajstić information content (AvgIpc) is 1.82. The third kappa shape index (κ3) is 1.46. The summed E-state index contributed by atoms with van der Waals surface area (Å²) < 4.78 is 2.59. The van der Waals surface area contributed by atoms with Crippen LogP contribution in [0.5, 0.6) is 0 Å². The number of nitrogens with zero attached hydrogens (tertiary/aromatic N) is 1. The first-order chi connectivity index (χ1) is 4.61. The molecule has 5 heteroatoms. The van der Waals surface area contributed by atoms with E-state index < -0.39 is 0 Å².